The molecule has 3 heterocycles. The van der Waals surface area contributed by atoms with Crippen molar-refractivity contribution >= 4 is 15.9 Å². The summed E-state index contributed by atoms with van der Waals surface area (Å²) in [5.41, 5.74) is -2.60. The summed E-state index contributed by atoms with van der Waals surface area (Å²) >= 11 is 0. The summed E-state index contributed by atoms with van der Waals surface area (Å²) in [6.45, 7) is 0.752. The van der Waals surface area contributed by atoms with Gasteiger partial charge in [0.15, 0.2) is 5.69 Å². The van der Waals surface area contributed by atoms with Crippen LogP contribution in [0.4, 0.5) is 35.1 Å². The third kappa shape index (κ3) is 6.29. The zero-order valence-electron chi connectivity index (χ0n) is 20.7. The number of amides is 1. The lowest BCUT2D eigenvalue weighted by molar-refractivity contribution is -0.145. The highest BCUT2D eigenvalue weighted by Gasteiger charge is 2.49. The predicted octanol–water partition coefficient (Wildman–Crippen LogP) is 4.52. The van der Waals surface area contributed by atoms with Gasteiger partial charge in [-0.05, 0) is 42.8 Å². The van der Waals surface area contributed by atoms with Gasteiger partial charge in [-0.15, -0.1) is 0 Å². The smallest absolute Gasteiger partial charge is 0.351 e. The van der Waals surface area contributed by atoms with Gasteiger partial charge < -0.3 is 5.32 Å². The number of nitrogens with one attached hydrogen (secondary N) is 1. The van der Waals surface area contributed by atoms with Crippen molar-refractivity contribution in [3.8, 4) is 11.1 Å². The largest absolute Gasteiger partial charge is 0.451 e. The molecular formula is C24H19F8N5O3S. The zero-order valence-corrected chi connectivity index (χ0v) is 21.5. The van der Waals surface area contributed by atoms with E-state index >= 15 is 0 Å². The van der Waals surface area contributed by atoms with Gasteiger partial charge in [0, 0.05) is 42.7 Å². The highest BCUT2D eigenvalue weighted by atomic mass is 32.2. The molecule has 41 heavy (non-hydrogen) atoms. The lowest BCUT2D eigenvalue weighted by Gasteiger charge is -2.27. The molecule has 4 rings (SSSR count). The number of carbonyl (C=O) groups excluding carboxylic acids is 1. The van der Waals surface area contributed by atoms with Gasteiger partial charge in [-0.2, -0.15) is 30.6 Å². The van der Waals surface area contributed by atoms with Crippen molar-refractivity contribution < 1.29 is 48.3 Å². The lowest BCUT2D eigenvalue weighted by atomic mass is 10.0. The number of aromatic nitrogens is 3. The van der Waals surface area contributed by atoms with Crippen LogP contribution in [0.15, 0.2) is 53.8 Å². The fraction of sp³-hybridized carbons (Fsp3) is 0.333. The first-order valence-corrected chi connectivity index (χ1v) is 13.1. The van der Waals surface area contributed by atoms with E-state index in [0.29, 0.717) is 16.7 Å². The molecule has 1 aromatic carbocycles. The van der Waals surface area contributed by atoms with E-state index < -0.39 is 88.0 Å². The summed E-state index contributed by atoms with van der Waals surface area (Å²) in [6, 6.07) is 1.78. The number of hydrogen-bond acceptors (Lipinski definition) is 6. The number of alkyl halides is 7. The van der Waals surface area contributed by atoms with Gasteiger partial charge in [-0.1, -0.05) is 0 Å². The molecule has 1 saturated heterocycles. The second kappa shape index (κ2) is 10.9. The molecule has 1 fully saturated rings. The van der Waals surface area contributed by atoms with Crippen molar-refractivity contribution in [2.75, 3.05) is 0 Å². The van der Waals surface area contributed by atoms with Gasteiger partial charge in [0.05, 0.1) is 10.9 Å². The van der Waals surface area contributed by atoms with Crippen molar-refractivity contribution in [2.45, 2.75) is 55.4 Å². The van der Waals surface area contributed by atoms with Crippen LogP contribution in [0.2, 0.25) is 0 Å². The topological polar surface area (TPSA) is 105 Å². The van der Waals surface area contributed by atoms with Gasteiger partial charge >= 0.3 is 12.4 Å². The van der Waals surface area contributed by atoms with E-state index in [1.54, 1.807) is 0 Å². The van der Waals surface area contributed by atoms with Crippen LogP contribution < -0.4 is 5.32 Å². The number of benzene rings is 1. The molecule has 3 aromatic rings. The molecule has 3 atom stereocenters. The number of halogens is 8. The monoisotopic (exact) mass is 609 g/mol. The van der Waals surface area contributed by atoms with Crippen molar-refractivity contribution in [3.05, 3.63) is 71.8 Å². The molecule has 0 bridgehead atoms. The van der Waals surface area contributed by atoms with Crippen LogP contribution >= 0.6 is 0 Å². The maximum absolute atomic E-state index is 14.6. The second-order valence-corrected chi connectivity index (χ2v) is 10.9. The molecule has 1 amide bonds. The minimum absolute atomic E-state index is 0.0444. The van der Waals surface area contributed by atoms with E-state index in [4.69, 9.17) is 0 Å². The van der Waals surface area contributed by atoms with E-state index in [0.717, 1.165) is 36.5 Å². The normalized spacial score (nSPS) is 20.3. The van der Waals surface area contributed by atoms with E-state index in [1.807, 2.05) is 0 Å². The van der Waals surface area contributed by atoms with Crippen LogP contribution in [0.3, 0.4) is 0 Å². The Labute approximate surface area is 227 Å². The van der Waals surface area contributed by atoms with Crippen LogP contribution in [-0.4, -0.2) is 51.8 Å². The molecule has 8 nitrogen and oxygen atoms in total. The lowest BCUT2D eigenvalue weighted by Crippen LogP contribution is -2.48. The Morgan fingerprint density at radius 2 is 1.61 bits per heavy atom. The number of nitrogens with zero attached hydrogens (tertiary/aromatic N) is 4. The van der Waals surface area contributed by atoms with E-state index in [-0.39, 0.29) is 10.5 Å². The van der Waals surface area contributed by atoms with Crippen LogP contribution in [0.1, 0.15) is 30.4 Å². The average molecular weight is 609 g/mol. The molecule has 17 heteroatoms. The van der Waals surface area contributed by atoms with Gasteiger partial charge in [-0.3, -0.25) is 9.78 Å². The standard InChI is InChI=1S/C24H19F8N5O3S/c1-12-18(26)7-19(37(12)41(39,40)16-4-2-15(25)3-5-16)21(38)34-9-13-6-17(20(33-8-13)23(27,28)29)14-10-35-22(36-11-14)24(30,31)32/h2-6,8,10-12,18-19H,7,9H2,1H3,(H,34,38). The first kappa shape index (κ1) is 30.2. The van der Waals surface area contributed by atoms with Gasteiger partial charge in [0.1, 0.15) is 18.0 Å². The average Bonchev–Trinajstić information content (AvgIpc) is 3.21. The predicted molar refractivity (Wildman–Crippen MR) is 125 cm³/mol. The van der Waals surface area contributed by atoms with Crippen LogP contribution in [0.25, 0.3) is 11.1 Å². The first-order valence-electron chi connectivity index (χ1n) is 11.7. The highest BCUT2D eigenvalue weighted by Crippen LogP contribution is 2.37. The Hall–Kier alpha value is -3.73. The summed E-state index contributed by atoms with van der Waals surface area (Å²) < 4.78 is 134. The third-order valence-electron chi connectivity index (χ3n) is 6.27. The summed E-state index contributed by atoms with van der Waals surface area (Å²) in [4.78, 5) is 22.1. The Morgan fingerprint density at radius 3 is 2.17 bits per heavy atom. The SMILES string of the molecule is CC1C(F)CC(C(=O)NCc2cnc(C(F)(F)F)c(-c3cnc(C(F)(F)F)nc3)c2)N1S(=O)(=O)c1ccc(F)cc1. The minimum Gasteiger partial charge on any atom is -0.351 e. The third-order valence-corrected chi connectivity index (χ3v) is 8.28. The quantitative estimate of drug-likeness (QED) is 0.413. The molecule has 3 unspecified atom stereocenters. The number of hydrogen-bond donors (Lipinski definition) is 1. The maximum atomic E-state index is 14.6. The molecule has 0 spiro atoms. The Kier molecular flexibility index (Phi) is 8.05. The number of carbonyl (C=O) groups is 1. The van der Waals surface area contributed by atoms with Crippen LogP contribution in [-0.2, 0) is 33.7 Å². The fourth-order valence-corrected chi connectivity index (χ4v) is 6.08. The van der Waals surface area contributed by atoms with Gasteiger partial charge in [0.2, 0.25) is 21.8 Å². The van der Waals surface area contributed by atoms with Crippen LogP contribution in [0.5, 0.6) is 0 Å². The zero-order chi connectivity index (χ0) is 30.3. The van der Waals surface area contributed by atoms with E-state index in [1.165, 1.54) is 6.92 Å². The van der Waals surface area contributed by atoms with Crippen molar-refractivity contribution in [1.82, 2.24) is 24.6 Å². The summed E-state index contributed by atoms with van der Waals surface area (Å²) in [7, 11) is -4.46. The number of rotatable bonds is 6. The maximum Gasteiger partial charge on any atom is 0.451 e. The highest BCUT2D eigenvalue weighted by molar-refractivity contribution is 7.89. The number of sulfonamides is 1. The van der Waals surface area contributed by atoms with Gasteiger partial charge in [-0.25, -0.2) is 27.2 Å². The Bertz CT molecular complexity index is 1530. The summed E-state index contributed by atoms with van der Waals surface area (Å²) in [5, 5.41) is 2.34. The Morgan fingerprint density at radius 1 is 1.00 bits per heavy atom. The summed E-state index contributed by atoms with van der Waals surface area (Å²) in [6.07, 6.45) is -10.3. The first-order chi connectivity index (χ1) is 19.0. The van der Waals surface area contributed by atoms with Crippen molar-refractivity contribution in [3.63, 3.8) is 0 Å². The summed E-state index contributed by atoms with van der Waals surface area (Å²) in [5.74, 6) is -3.26. The fourth-order valence-electron chi connectivity index (χ4n) is 4.27. The van der Waals surface area contributed by atoms with Crippen molar-refractivity contribution in [1.29, 1.82) is 0 Å². The molecule has 0 radical (unpaired) electrons. The van der Waals surface area contributed by atoms with Crippen LogP contribution in [0, 0.1) is 5.82 Å². The minimum atomic E-state index is -5.01. The molecule has 1 aliphatic heterocycles. The molecule has 1 N–H and O–H groups in total. The molecule has 220 valence electrons. The number of pyridine rings is 1. The van der Waals surface area contributed by atoms with Gasteiger partial charge in [0.25, 0.3) is 0 Å². The van der Waals surface area contributed by atoms with E-state index in [9.17, 15) is 48.3 Å². The molecule has 0 saturated carbocycles. The van der Waals surface area contributed by atoms with Crippen molar-refractivity contribution in [2.24, 2.45) is 0 Å². The second-order valence-electron chi connectivity index (χ2n) is 9.05. The molecule has 1 aliphatic rings. The molecule has 2 aromatic heterocycles. The van der Waals surface area contributed by atoms with E-state index in [2.05, 4.69) is 20.3 Å². The molecule has 0 aliphatic carbocycles. The Balaban J connectivity index is 1.59. The molecular weight excluding hydrogens is 590 g/mol.